The number of H-pyrrole nitrogens is 1. The standard InChI is InChI=1S/C13H11NO3/c1-8(2)13(16)17-10-5-3-9-4-6-12(15)14-11(9)7-10/h3-7H,1H2,2H3,(H,14,15). The first-order chi connectivity index (χ1) is 8.06. The predicted octanol–water partition coefficient (Wildman–Crippen LogP) is 2.01. The third-order valence-electron chi connectivity index (χ3n) is 2.26. The van der Waals surface area contributed by atoms with Crippen LogP contribution in [0, 0.1) is 0 Å². The fraction of sp³-hybridized carbons (Fsp3) is 0.0769. The van der Waals surface area contributed by atoms with Gasteiger partial charge in [0.15, 0.2) is 0 Å². The SMILES string of the molecule is C=C(C)C(=O)Oc1ccc2ccc(=O)[nH]c2c1. The van der Waals surface area contributed by atoms with Gasteiger partial charge < -0.3 is 9.72 Å². The van der Waals surface area contributed by atoms with Crippen LogP contribution in [0.3, 0.4) is 0 Å². The molecule has 2 rings (SSSR count). The van der Waals surface area contributed by atoms with Crippen LogP contribution in [0.5, 0.6) is 5.75 Å². The van der Waals surface area contributed by atoms with E-state index in [0.717, 1.165) is 5.39 Å². The Morgan fingerprint density at radius 2 is 2.00 bits per heavy atom. The van der Waals surface area contributed by atoms with Crippen molar-refractivity contribution >= 4 is 16.9 Å². The minimum atomic E-state index is -0.484. The lowest BCUT2D eigenvalue weighted by atomic mass is 10.2. The fourth-order valence-corrected chi connectivity index (χ4v) is 1.39. The molecule has 17 heavy (non-hydrogen) atoms. The van der Waals surface area contributed by atoms with Gasteiger partial charge in [0.05, 0.1) is 5.52 Å². The summed E-state index contributed by atoms with van der Waals surface area (Å²) in [6, 6.07) is 8.20. The highest BCUT2D eigenvalue weighted by molar-refractivity contribution is 5.89. The van der Waals surface area contributed by atoms with Crippen LogP contribution in [-0.2, 0) is 4.79 Å². The smallest absolute Gasteiger partial charge is 0.338 e. The topological polar surface area (TPSA) is 59.2 Å². The van der Waals surface area contributed by atoms with E-state index < -0.39 is 5.97 Å². The maximum Gasteiger partial charge on any atom is 0.338 e. The van der Waals surface area contributed by atoms with Crippen molar-refractivity contribution in [3.05, 3.63) is 52.8 Å². The Bertz CT molecular complexity index is 655. The highest BCUT2D eigenvalue weighted by atomic mass is 16.5. The van der Waals surface area contributed by atoms with Crippen molar-refractivity contribution in [2.24, 2.45) is 0 Å². The van der Waals surface area contributed by atoms with E-state index in [2.05, 4.69) is 11.6 Å². The van der Waals surface area contributed by atoms with E-state index in [-0.39, 0.29) is 5.56 Å². The molecule has 0 aliphatic heterocycles. The number of benzene rings is 1. The molecule has 0 radical (unpaired) electrons. The summed E-state index contributed by atoms with van der Waals surface area (Å²) in [4.78, 5) is 25.1. The van der Waals surface area contributed by atoms with E-state index in [4.69, 9.17) is 4.74 Å². The molecule has 1 aromatic carbocycles. The number of aromatic nitrogens is 1. The molecule has 0 aliphatic carbocycles. The summed E-state index contributed by atoms with van der Waals surface area (Å²) >= 11 is 0. The third-order valence-corrected chi connectivity index (χ3v) is 2.26. The van der Waals surface area contributed by atoms with Crippen molar-refractivity contribution in [3.8, 4) is 5.75 Å². The fourth-order valence-electron chi connectivity index (χ4n) is 1.39. The van der Waals surface area contributed by atoms with Gasteiger partial charge in [0.25, 0.3) is 0 Å². The minimum Gasteiger partial charge on any atom is -0.423 e. The molecule has 0 bridgehead atoms. The van der Waals surface area contributed by atoms with E-state index in [1.807, 2.05) is 0 Å². The van der Waals surface area contributed by atoms with Crippen LogP contribution < -0.4 is 10.3 Å². The van der Waals surface area contributed by atoms with Crippen LogP contribution in [-0.4, -0.2) is 11.0 Å². The third kappa shape index (κ3) is 2.42. The van der Waals surface area contributed by atoms with E-state index >= 15 is 0 Å². The molecular formula is C13H11NO3. The second kappa shape index (κ2) is 4.25. The van der Waals surface area contributed by atoms with Gasteiger partial charge in [0.1, 0.15) is 5.75 Å². The predicted molar refractivity (Wildman–Crippen MR) is 65.0 cm³/mol. The van der Waals surface area contributed by atoms with Gasteiger partial charge in [0.2, 0.25) is 5.56 Å². The quantitative estimate of drug-likeness (QED) is 0.487. The van der Waals surface area contributed by atoms with Crippen molar-refractivity contribution in [3.63, 3.8) is 0 Å². The molecule has 0 unspecified atom stereocenters. The number of fused-ring (bicyclic) bond motifs is 1. The number of pyridine rings is 1. The molecule has 0 saturated carbocycles. The molecule has 1 aromatic heterocycles. The second-order valence-corrected chi connectivity index (χ2v) is 3.74. The molecule has 1 heterocycles. The molecule has 0 aliphatic rings. The molecule has 0 amide bonds. The van der Waals surface area contributed by atoms with Gasteiger partial charge >= 0.3 is 5.97 Å². The van der Waals surface area contributed by atoms with E-state index in [0.29, 0.717) is 16.8 Å². The van der Waals surface area contributed by atoms with Crippen molar-refractivity contribution in [1.82, 2.24) is 4.98 Å². The maximum absolute atomic E-state index is 11.3. The Balaban J connectivity index is 2.40. The molecule has 0 fully saturated rings. The molecule has 4 heteroatoms. The van der Waals surface area contributed by atoms with Gasteiger partial charge in [0, 0.05) is 17.7 Å². The normalized spacial score (nSPS) is 10.2. The van der Waals surface area contributed by atoms with Crippen LogP contribution in [0.4, 0.5) is 0 Å². The molecule has 2 aromatic rings. The van der Waals surface area contributed by atoms with Gasteiger partial charge in [-0.15, -0.1) is 0 Å². The van der Waals surface area contributed by atoms with Crippen molar-refractivity contribution in [2.75, 3.05) is 0 Å². The average Bonchev–Trinajstić information content (AvgIpc) is 2.28. The zero-order chi connectivity index (χ0) is 12.4. The first-order valence-electron chi connectivity index (χ1n) is 5.07. The molecule has 4 nitrogen and oxygen atoms in total. The summed E-state index contributed by atoms with van der Waals surface area (Å²) in [7, 11) is 0. The minimum absolute atomic E-state index is 0.194. The zero-order valence-electron chi connectivity index (χ0n) is 9.32. The zero-order valence-corrected chi connectivity index (χ0v) is 9.32. The lowest BCUT2D eigenvalue weighted by Crippen LogP contribution is -2.08. The first-order valence-corrected chi connectivity index (χ1v) is 5.07. The van der Waals surface area contributed by atoms with Gasteiger partial charge in [-0.1, -0.05) is 6.58 Å². The second-order valence-electron chi connectivity index (χ2n) is 3.74. The Labute approximate surface area is 97.5 Å². The number of hydrogen-bond donors (Lipinski definition) is 1. The average molecular weight is 229 g/mol. The summed E-state index contributed by atoms with van der Waals surface area (Å²) in [6.07, 6.45) is 0. The number of esters is 1. The largest absolute Gasteiger partial charge is 0.423 e. The number of carbonyl (C=O) groups excluding carboxylic acids is 1. The molecular weight excluding hydrogens is 218 g/mol. The maximum atomic E-state index is 11.3. The van der Waals surface area contributed by atoms with Gasteiger partial charge in [-0.05, 0) is 30.5 Å². The molecule has 1 N–H and O–H groups in total. The van der Waals surface area contributed by atoms with E-state index in [1.165, 1.54) is 6.07 Å². The van der Waals surface area contributed by atoms with E-state index in [9.17, 15) is 9.59 Å². The number of ether oxygens (including phenoxy) is 1. The van der Waals surface area contributed by atoms with Crippen molar-refractivity contribution in [1.29, 1.82) is 0 Å². The van der Waals surface area contributed by atoms with Gasteiger partial charge in [-0.3, -0.25) is 4.79 Å². The lowest BCUT2D eigenvalue weighted by molar-refractivity contribution is -0.130. The van der Waals surface area contributed by atoms with Crippen LogP contribution in [0.2, 0.25) is 0 Å². The van der Waals surface area contributed by atoms with Crippen LogP contribution >= 0.6 is 0 Å². The van der Waals surface area contributed by atoms with Crippen molar-refractivity contribution in [2.45, 2.75) is 6.92 Å². The number of rotatable bonds is 2. The van der Waals surface area contributed by atoms with Crippen LogP contribution in [0.15, 0.2) is 47.3 Å². The summed E-state index contributed by atoms with van der Waals surface area (Å²) < 4.78 is 5.06. The number of hydrogen-bond acceptors (Lipinski definition) is 3. The Hall–Kier alpha value is -2.36. The van der Waals surface area contributed by atoms with Crippen LogP contribution in [0.1, 0.15) is 6.92 Å². The monoisotopic (exact) mass is 229 g/mol. The Kier molecular flexibility index (Phi) is 2.78. The Morgan fingerprint density at radius 1 is 1.29 bits per heavy atom. The number of nitrogens with one attached hydrogen (secondary N) is 1. The highest BCUT2D eigenvalue weighted by Gasteiger charge is 2.05. The van der Waals surface area contributed by atoms with Gasteiger partial charge in [-0.25, -0.2) is 4.79 Å². The Morgan fingerprint density at radius 3 is 2.71 bits per heavy atom. The summed E-state index contributed by atoms with van der Waals surface area (Å²) in [5, 5.41) is 0.875. The highest BCUT2D eigenvalue weighted by Crippen LogP contribution is 2.18. The summed E-state index contributed by atoms with van der Waals surface area (Å²) in [6.45, 7) is 5.07. The van der Waals surface area contributed by atoms with Gasteiger partial charge in [-0.2, -0.15) is 0 Å². The van der Waals surface area contributed by atoms with E-state index in [1.54, 1.807) is 31.2 Å². The summed E-state index contributed by atoms with van der Waals surface area (Å²) in [5.41, 5.74) is 0.761. The van der Waals surface area contributed by atoms with Crippen molar-refractivity contribution < 1.29 is 9.53 Å². The molecule has 0 atom stereocenters. The molecule has 0 saturated heterocycles. The first kappa shape index (κ1) is 11.1. The summed E-state index contributed by atoms with van der Waals surface area (Å²) in [5.74, 6) is -0.102. The number of carbonyl (C=O) groups is 1. The molecule has 86 valence electrons. The van der Waals surface area contributed by atoms with Crippen LogP contribution in [0.25, 0.3) is 10.9 Å². The number of aromatic amines is 1. The lowest BCUT2D eigenvalue weighted by Gasteiger charge is -2.04. The molecule has 0 spiro atoms.